The molecule has 0 spiro atoms. The zero-order valence-electron chi connectivity index (χ0n) is 8.79. The summed E-state index contributed by atoms with van der Waals surface area (Å²) < 4.78 is 5.40. The minimum atomic E-state index is 0.0250. The van der Waals surface area contributed by atoms with Crippen molar-refractivity contribution in [2.45, 2.75) is 51.6 Å². The molecule has 1 heterocycles. The summed E-state index contributed by atoms with van der Waals surface area (Å²) in [6.07, 6.45) is 8.98. The maximum Gasteiger partial charge on any atom is 0.313 e. The van der Waals surface area contributed by atoms with Crippen LogP contribution in [0.25, 0.3) is 0 Å². The first kappa shape index (κ1) is 9.75. The van der Waals surface area contributed by atoms with Gasteiger partial charge in [-0.1, -0.05) is 19.4 Å². The monoisotopic (exact) mass is 194 g/mol. The van der Waals surface area contributed by atoms with Crippen LogP contribution in [0.15, 0.2) is 11.6 Å². The zero-order chi connectivity index (χ0) is 9.97. The molecule has 2 atom stereocenters. The van der Waals surface area contributed by atoms with Crippen LogP contribution in [0.3, 0.4) is 0 Å². The van der Waals surface area contributed by atoms with E-state index in [-0.39, 0.29) is 18.0 Å². The zero-order valence-corrected chi connectivity index (χ0v) is 8.79. The Hall–Kier alpha value is -0.790. The molecule has 0 N–H and O–H groups in total. The Bertz CT molecular complexity index is 255. The number of carbonyl (C=O) groups is 1. The molecule has 0 aromatic carbocycles. The Balaban J connectivity index is 2.05. The van der Waals surface area contributed by atoms with Crippen LogP contribution in [0, 0.1) is 5.92 Å². The van der Waals surface area contributed by atoms with E-state index in [2.05, 4.69) is 13.0 Å². The highest BCUT2D eigenvalue weighted by Gasteiger charge is 2.39. The summed E-state index contributed by atoms with van der Waals surface area (Å²) in [6.45, 7) is 2.17. The second-order valence-corrected chi connectivity index (χ2v) is 4.26. The Morgan fingerprint density at radius 1 is 1.57 bits per heavy atom. The van der Waals surface area contributed by atoms with E-state index in [1.807, 2.05) is 0 Å². The Morgan fingerprint density at radius 2 is 2.43 bits per heavy atom. The molecule has 0 aromatic heterocycles. The topological polar surface area (TPSA) is 26.3 Å². The van der Waals surface area contributed by atoms with Gasteiger partial charge in [-0.3, -0.25) is 4.79 Å². The van der Waals surface area contributed by atoms with Gasteiger partial charge in [0.25, 0.3) is 0 Å². The van der Waals surface area contributed by atoms with Crippen molar-refractivity contribution in [3.63, 3.8) is 0 Å². The van der Waals surface area contributed by atoms with E-state index >= 15 is 0 Å². The van der Waals surface area contributed by atoms with Gasteiger partial charge in [0, 0.05) is 0 Å². The smallest absolute Gasteiger partial charge is 0.313 e. The lowest BCUT2D eigenvalue weighted by Gasteiger charge is -2.16. The average molecular weight is 194 g/mol. The van der Waals surface area contributed by atoms with Crippen LogP contribution in [0.2, 0.25) is 0 Å². The van der Waals surface area contributed by atoms with Gasteiger partial charge in [-0.15, -0.1) is 0 Å². The van der Waals surface area contributed by atoms with Gasteiger partial charge < -0.3 is 4.74 Å². The summed E-state index contributed by atoms with van der Waals surface area (Å²) in [7, 11) is 0. The van der Waals surface area contributed by atoms with Crippen LogP contribution in [0.4, 0.5) is 0 Å². The van der Waals surface area contributed by atoms with Gasteiger partial charge in [0.15, 0.2) is 0 Å². The fourth-order valence-electron chi connectivity index (χ4n) is 2.41. The van der Waals surface area contributed by atoms with E-state index in [4.69, 9.17) is 4.74 Å². The summed E-state index contributed by atoms with van der Waals surface area (Å²) in [5.41, 5.74) is 1.29. The fraction of sp³-hybridized carbons (Fsp3) is 0.750. The van der Waals surface area contributed by atoms with Gasteiger partial charge in [0.2, 0.25) is 0 Å². The van der Waals surface area contributed by atoms with Crippen molar-refractivity contribution >= 4 is 5.97 Å². The van der Waals surface area contributed by atoms with Crippen molar-refractivity contribution in [3.05, 3.63) is 11.6 Å². The SMILES string of the molecule is CCCCC1OC(=O)C2CCCC=C12. The maximum absolute atomic E-state index is 11.5. The molecule has 78 valence electrons. The summed E-state index contributed by atoms with van der Waals surface area (Å²) in [6, 6.07) is 0. The Morgan fingerprint density at radius 3 is 3.21 bits per heavy atom. The molecule has 14 heavy (non-hydrogen) atoms. The molecule has 1 aliphatic heterocycles. The predicted octanol–water partition coefficient (Wildman–Crippen LogP) is 2.83. The summed E-state index contributed by atoms with van der Waals surface area (Å²) in [5, 5.41) is 0. The number of hydrogen-bond donors (Lipinski definition) is 0. The first-order valence-corrected chi connectivity index (χ1v) is 5.73. The average Bonchev–Trinajstić information content (AvgIpc) is 2.54. The normalized spacial score (nSPS) is 30.9. The highest BCUT2D eigenvalue weighted by molar-refractivity contribution is 5.80. The maximum atomic E-state index is 11.5. The lowest BCUT2D eigenvalue weighted by molar-refractivity contribution is -0.144. The van der Waals surface area contributed by atoms with Crippen LogP contribution >= 0.6 is 0 Å². The van der Waals surface area contributed by atoms with Crippen molar-refractivity contribution in [1.82, 2.24) is 0 Å². The van der Waals surface area contributed by atoms with E-state index in [1.54, 1.807) is 0 Å². The van der Waals surface area contributed by atoms with Crippen molar-refractivity contribution in [2.75, 3.05) is 0 Å². The number of allylic oxidation sites excluding steroid dienone is 1. The first-order chi connectivity index (χ1) is 6.83. The van der Waals surface area contributed by atoms with Crippen molar-refractivity contribution in [2.24, 2.45) is 5.92 Å². The van der Waals surface area contributed by atoms with Gasteiger partial charge >= 0.3 is 5.97 Å². The van der Waals surface area contributed by atoms with Crippen molar-refractivity contribution < 1.29 is 9.53 Å². The van der Waals surface area contributed by atoms with Gasteiger partial charge in [-0.2, -0.15) is 0 Å². The van der Waals surface area contributed by atoms with Gasteiger partial charge in [0.05, 0.1) is 5.92 Å². The highest BCUT2D eigenvalue weighted by atomic mass is 16.6. The fourth-order valence-corrected chi connectivity index (χ4v) is 2.41. The summed E-state index contributed by atoms with van der Waals surface area (Å²) in [5.74, 6) is 0.141. The Labute approximate surface area is 85.3 Å². The molecule has 0 saturated carbocycles. The number of carbonyl (C=O) groups excluding carboxylic acids is 1. The number of fused-ring (bicyclic) bond motifs is 1. The molecule has 0 aromatic rings. The van der Waals surface area contributed by atoms with E-state index in [0.29, 0.717) is 0 Å². The van der Waals surface area contributed by atoms with Crippen LogP contribution in [0.1, 0.15) is 45.4 Å². The molecule has 2 nitrogen and oxygen atoms in total. The minimum absolute atomic E-state index is 0.0250. The molecule has 0 bridgehead atoms. The molecule has 2 aliphatic rings. The number of ether oxygens (including phenoxy) is 1. The molecular formula is C12H18O2. The number of hydrogen-bond acceptors (Lipinski definition) is 2. The van der Waals surface area contributed by atoms with Gasteiger partial charge in [0.1, 0.15) is 6.10 Å². The molecule has 1 aliphatic carbocycles. The van der Waals surface area contributed by atoms with Gasteiger partial charge in [-0.05, 0) is 37.7 Å². The third kappa shape index (κ3) is 1.70. The van der Waals surface area contributed by atoms with Crippen LogP contribution in [-0.4, -0.2) is 12.1 Å². The second kappa shape index (κ2) is 4.16. The van der Waals surface area contributed by atoms with Crippen LogP contribution in [0.5, 0.6) is 0 Å². The molecular weight excluding hydrogens is 176 g/mol. The standard InChI is InChI=1S/C12H18O2/c1-2-3-8-11-9-6-4-5-7-10(9)12(13)14-11/h6,10-11H,2-5,7-8H2,1H3. The third-order valence-electron chi connectivity index (χ3n) is 3.21. The molecule has 2 rings (SSSR count). The number of cyclic esters (lactones) is 1. The van der Waals surface area contributed by atoms with E-state index in [0.717, 1.165) is 32.1 Å². The number of esters is 1. The molecule has 1 saturated heterocycles. The molecule has 2 heteroatoms. The lowest BCUT2D eigenvalue weighted by Crippen LogP contribution is -2.13. The third-order valence-corrected chi connectivity index (χ3v) is 3.21. The molecule has 1 fully saturated rings. The second-order valence-electron chi connectivity index (χ2n) is 4.26. The lowest BCUT2D eigenvalue weighted by atomic mass is 9.86. The number of unbranched alkanes of at least 4 members (excludes halogenated alkanes) is 1. The summed E-state index contributed by atoms with van der Waals surface area (Å²) >= 11 is 0. The molecule has 0 amide bonds. The predicted molar refractivity (Wildman–Crippen MR) is 54.8 cm³/mol. The van der Waals surface area contributed by atoms with Crippen LogP contribution < -0.4 is 0 Å². The largest absolute Gasteiger partial charge is 0.457 e. The van der Waals surface area contributed by atoms with Crippen molar-refractivity contribution in [1.29, 1.82) is 0 Å². The summed E-state index contributed by atoms with van der Waals surface area (Å²) in [4.78, 5) is 11.5. The van der Waals surface area contributed by atoms with E-state index in [1.165, 1.54) is 12.0 Å². The quantitative estimate of drug-likeness (QED) is 0.510. The van der Waals surface area contributed by atoms with Crippen LogP contribution in [-0.2, 0) is 9.53 Å². The van der Waals surface area contributed by atoms with E-state index < -0.39 is 0 Å². The Kier molecular flexibility index (Phi) is 2.90. The minimum Gasteiger partial charge on any atom is -0.457 e. The number of rotatable bonds is 3. The van der Waals surface area contributed by atoms with Gasteiger partial charge in [-0.25, -0.2) is 0 Å². The molecule has 2 unspecified atom stereocenters. The molecule has 0 radical (unpaired) electrons. The van der Waals surface area contributed by atoms with Crippen molar-refractivity contribution in [3.8, 4) is 0 Å². The van der Waals surface area contributed by atoms with E-state index in [9.17, 15) is 4.79 Å². The first-order valence-electron chi connectivity index (χ1n) is 5.73. The highest BCUT2D eigenvalue weighted by Crippen LogP contribution is 2.37.